The molecular weight excluding hydrogens is 276 g/mol. The molecule has 0 saturated heterocycles. The largest absolute Gasteiger partial charge is 0.388 e. The minimum atomic E-state index is -0.858. The molecule has 6 heteroatoms. The molecule has 0 bridgehead atoms. The van der Waals surface area contributed by atoms with Gasteiger partial charge in [0.25, 0.3) is 5.91 Å². The van der Waals surface area contributed by atoms with Crippen molar-refractivity contribution < 1.29 is 14.7 Å². The van der Waals surface area contributed by atoms with Crippen molar-refractivity contribution in [3.8, 4) is 0 Å². The van der Waals surface area contributed by atoms with Crippen molar-refractivity contribution in [1.82, 2.24) is 10.6 Å². The van der Waals surface area contributed by atoms with E-state index < -0.39 is 5.60 Å². The first-order valence-corrected chi connectivity index (χ1v) is 7.63. The summed E-state index contributed by atoms with van der Waals surface area (Å²) in [4.78, 5) is 23.8. The molecule has 20 heavy (non-hydrogen) atoms. The zero-order valence-electron chi connectivity index (χ0n) is 11.9. The van der Waals surface area contributed by atoms with Crippen LogP contribution < -0.4 is 10.6 Å². The summed E-state index contributed by atoms with van der Waals surface area (Å²) in [6.07, 6.45) is 1.51. The molecule has 1 aromatic heterocycles. The fourth-order valence-corrected chi connectivity index (χ4v) is 2.09. The fraction of sp³-hybridized carbons (Fsp3) is 0.571. The molecule has 5 nitrogen and oxygen atoms in total. The third kappa shape index (κ3) is 6.16. The molecule has 3 N–H and O–H groups in total. The summed E-state index contributed by atoms with van der Waals surface area (Å²) >= 11 is 1.39. The summed E-state index contributed by atoms with van der Waals surface area (Å²) in [5, 5.41) is 17.1. The number of hydrogen-bond acceptors (Lipinski definition) is 4. The number of thiophene rings is 1. The highest BCUT2D eigenvalue weighted by Crippen LogP contribution is 2.08. The molecule has 1 unspecified atom stereocenters. The first-order chi connectivity index (χ1) is 9.44. The minimum absolute atomic E-state index is 0.102. The highest BCUT2D eigenvalue weighted by Gasteiger charge is 2.18. The van der Waals surface area contributed by atoms with Crippen LogP contribution in [-0.4, -0.2) is 35.6 Å². The number of aliphatic hydroxyl groups is 1. The van der Waals surface area contributed by atoms with Crippen LogP contribution in [0.1, 0.15) is 42.8 Å². The van der Waals surface area contributed by atoms with Gasteiger partial charge in [-0.15, -0.1) is 11.3 Å². The summed E-state index contributed by atoms with van der Waals surface area (Å²) in [7, 11) is 0. The van der Waals surface area contributed by atoms with Gasteiger partial charge >= 0.3 is 0 Å². The van der Waals surface area contributed by atoms with Gasteiger partial charge in [-0.05, 0) is 31.2 Å². The third-order valence-electron chi connectivity index (χ3n) is 3.04. The van der Waals surface area contributed by atoms with Crippen molar-refractivity contribution in [3.63, 3.8) is 0 Å². The van der Waals surface area contributed by atoms with E-state index in [0.717, 1.165) is 0 Å². The van der Waals surface area contributed by atoms with Crippen molar-refractivity contribution in [2.75, 3.05) is 13.1 Å². The van der Waals surface area contributed by atoms with Gasteiger partial charge < -0.3 is 15.7 Å². The van der Waals surface area contributed by atoms with Crippen LogP contribution in [0.5, 0.6) is 0 Å². The van der Waals surface area contributed by atoms with Crippen LogP contribution >= 0.6 is 11.3 Å². The van der Waals surface area contributed by atoms with Crippen LogP contribution in [-0.2, 0) is 4.79 Å². The highest BCUT2D eigenvalue weighted by atomic mass is 32.1. The van der Waals surface area contributed by atoms with Gasteiger partial charge in [-0.2, -0.15) is 0 Å². The lowest BCUT2D eigenvalue weighted by Gasteiger charge is -2.21. The molecule has 0 fully saturated rings. The van der Waals surface area contributed by atoms with E-state index in [0.29, 0.717) is 30.7 Å². The van der Waals surface area contributed by atoms with Gasteiger partial charge in [0.15, 0.2) is 0 Å². The monoisotopic (exact) mass is 298 g/mol. The van der Waals surface area contributed by atoms with Gasteiger partial charge in [0.2, 0.25) is 5.91 Å². The topological polar surface area (TPSA) is 78.4 Å². The summed E-state index contributed by atoms with van der Waals surface area (Å²) in [5.74, 6) is -0.210. The molecule has 2 amide bonds. The Hall–Kier alpha value is -1.40. The molecule has 0 aromatic carbocycles. The van der Waals surface area contributed by atoms with Crippen LogP contribution in [0.2, 0.25) is 0 Å². The number of rotatable bonds is 8. The Morgan fingerprint density at radius 2 is 2.15 bits per heavy atom. The van der Waals surface area contributed by atoms with E-state index in [1.54, 1.807) is 13.0 Å². The first-order valence-electron chi connectivity index (χ1n) is 6.75. The minimum Gasteiger partial charge on any atom is -0.388 e. The lowest BCUT2D eigenvalue weighted by atomic mass is 10.0. The Morgan fingerprint density at radius 1 is 1.40 bits per heavy atom. The maximum absolute atomic E-state index is 11.6. The molecule has 0 spiro atoms. The van der Waals surface area contributed by atoms with Crippen LogP contribution in [0.15, 0.2) is 17.5 Å². The molecule has 1 atom stereocenters. The van der Waals surface area contributed by atoms with Crippen LogP contribution in [0.25, 0.3) is 0 Å². The third-order valence-corrected chi connectivity index (χ3v) is 3.91. The van der Waals surface area contributed by atoms with Crippen LogP contribution in [0.3, 0.4) is 0 Å². The summed E-state index contributed by atoms with van der Waals surface area (Å²) in [5.41, 5.74) is -0.858. The Bertz CT molecular complexity index is 430. The quantitative estimate of drug-likeness (QED) is 0.637. The Morgan fingerprint density at radius 3 is 2.75 bits per heavy atom. The summed E-state index contributed by atoms with van der Waals surface area (Å²) < 4.78 is 0. The van der Waals surface area contributed by atoms with Crippen LogP contribution in [0.4, 0.5) is 0 Å². The Balaban J connectivity index is 2.12. The number of carbonyl (C=O) groups is 2. The predicted molar refractivity (Wildman–Crippen MR) is 79.8 cm³/mol. The average Bonchev–Trinajstić information content (AvgIpc) is 2.95. The van der Waals surface area contributed by atoms with E-state index >= 15 is 0 Å². The van der Waals surface area contributed by atoms with Crippen molar-refractivity contribution in [1.29, 1.82) is 0 Å². The van der Waals surface area contributed by atoms with Gasteiger partial charge in [-0.3, -0.25) is 9.59 Å². The lowest BCUT2D eigenvalue weighted by molar-refractivity contribution is -0.122. The molecule has 112 valence electrons. The van der Waals surface area contributed by atoms with Crippen molar-refractivity contribution in [2.45, 2.75) is 38.7 Å². The van der Waals surface area contributed by atoms with Gasteiger partial charge in [-0.25, -0.2) is 0 Å². The van der Waals surface area contributed by atoms with Gasteiger partial charge in [0.05, 0.1) is 10.5 Å². The Kier molecular flexibility index (Phi) is 6.67. The fourth-order valence-electron chi connectivity index (χ4n) is 1.45. The maximum atomic E-state index is 11.6. The van der Waals surface area contributed by atoms with E-state index in [1.165, 1.54) is 11.3 Å². The molecular formula is C14H22N2O3S. The molecule has 1 rings (SSSR count). The second-order valence-corrected chi connectivity index (χ2v) is 5.91. The van der Waals surface area contributed by atoms with E-state index in [9.17, 15) is 14.7 Å². The molecule has 1 aromatic rings. The molecule has 0 radical (unpaired) electrons. The van der Waals surface area contributed by atoms with E-state index in [1.807, 2.05) is 18.4 Å². The zero-order valence-corrected chi connectivity index (χ0v) is 12.8. The Labute approximate surface area is 123 Å². The van der Waals surface area contributed by atoms with Gasteiger partial charge in [0, 0.05) is 19.5 Å². The van der Waals surface area contributed by atoms with Gasteiger partial charge in [0.1, 0.15) is 0 Å². The van der Waals surface area contributed by atoms with Gasteiger partial charge in [-0.1, -0.05) is 13.0 Å². The number of hydrogen-bond donors (Lipinski definition) is 3. The van der Waals surface area contributed by atoms with E-state index in [-0.39, 0.29) is 18.4 Å². The number of carbonyl (C=O) groups excluding carboxylic acids is 2. The molecule has 0 aliphatic heterocycles. The number of nitrogens with one attached hydrogen (secondary N) is 2. The molecule has 1 heterocycles. The second kappa shape index (κ2) is 8.01. The average molecular weight is 298 g/mol. The molecule has 0 saturated carbocycles. The standard InChI is InChI=1S/C14H22N2O3S/c1-3-14(2,19)10-16-12(17)7-4-8-15-13(18)11-6-5-9-20-11/h5-6,9,19H,3-4,7-8,10H2,1-2H3,(H,15,18)(H,16,17). The smallest absolute Gasteiger partial charge is 0.261 e. The van der Waals surface area contributed by atoms with Crippen LogP contribution in [0, 0.1) is 0 Å². The van der Waals surface area contributed by atoms with E-state index in [4.69, 9.17) is 0 Å². The maximum Gasteiger partial charge on any atom is 0.261 e. The van der Waals surface area contributed by atoms with Crippen molar-refractivity contribution >= 4 is 23.2 Å². The van der Waals surface area contributed by atoms with E-state index in [2.05, 4.69) is 10.6 Å². The SMILES string of the molecule is CCC(C)(O)CNC(=O)CCCNC(=O)c1cccs1. The predicted octanol–water partition coefficient (Wildman–Crippen LogP) is 1.54. The van der Waals surface area contributed by atoms with Crippen molar-refractivity contribution in [2.24, 2.45) is 0 Å². The highest BCUT2D eigenvalue weighted by molar-refractivity contribution is 7.12. The normalized spacial score (nSPS) is 13.6. The zero-order chi connectivity index (χ0) is 15.0. The van der Waals surface area contributed by atoms with Crippen molar-refractivity contribution in [3.05, 3.63) is 22.4 Å². The lowest BCUT2D eigenvalue weighted by Crippen LogP contribution is -2.40. The number of amides is 2. The summed E-state index contributed by atoms with van der Waals surface area (Å²) in [6.45, 7) is 4.28. The molecule has 0 aliphatic carbocycles. The summed E-state index contributed by atoms with van der Waals surface area (Å²) in [6, 6.07) is 3.59. The molecule has 0 aliphatic rings. The first kappa shape index (κ1) is 16.7. The second-order valence-electron chi connectivity index (χ2n) is 4.96.